The second-order valence-corrected chi connectivity index (χ2v) is 6.77. The normalized spacial score (nSPS) is 22.8. The summed E-state index contributed by atoms with van der Waals surface area (Å²) in [6.07, 6.45) is 5.69. The quantitative estimate of drug-likeness (QED) is 0.354. The second-order valence-electron chi connectivity index (χ2n) is 6.77. The lowest BCUT2D eigenvalue weighted by Crippen LogP contribution is -2.60. The van der Waals surface area contributed by atoms with Gasteiger partial charge >= 0.3 is 0 Å². The molecule has 120 valence electrons. The van der Waals surface area contributed by atoms with Crippen molar-refractivity contribution < 1.29 is 10.0 Å². The molecular weight excluding hydrogens is 268 g/mol. The van der Waals surface area contributed by atoms with Crippen molar-refractivity contribution in [2.45, 2.75) is 51.5 Å². The number of hydrogen-bond acceptors (Lipinski definition) is 4. The van der Waals surface area contributed by atoms with Gasteiger partial charge in [-0.05, 0) is 32.6 Å². The van der Waals surface area contributed by atoms with Gasteiger partial charge in [0.05, 0.1) is 5.54 Å². The summed E-state index contributed by atoms with van der Waals surface area (Å²) in [5.74, 6) is 1.11. The Kier molecular flexibility index (Phi) is 5.08. The molecule has 0 bridgehead atoms. The summed E-state index contributed by atoms with van der Waals surface area (Å²) in [6, 6.07) is 0. The lowest BCUT2D eigenvalue weighted by atomic mass is 9.99. The maximum absolute atomic E-state index is 12.3. The van der Waals surface area contributed by atoms with Gasteiger partial charge in [0.2, 0.25) is 5.91 Å². The van der Waals surface area contributed by atoms with Crippen LogP contribution in [0.4, 0.5) is 0 Å². The van der Waals surface area contributed by atoms with E-state index < -0.39 is 5.54 Å². The molecule has 0 aromatic heterocycles. The Balaban J connectivity index is 1.83. The van der Waals surface area contributed by atoms with E-state index in [2.05, 4.69) is 10.1 Å². The van der Waals surface area contributed by atoms with Crippen LogP contribution in [-0.2, 0) is 4.79 Å². The van der Waals surface area contributed by atoms with E-state index in [4.69, 9.17) is 10.9 Å². The van der Waals surface area contributed by atoms with Crippen LogP contribution in [-0.4, -0.2) is 58.5 Å². The summed E-state index contributed by atoms with van der Waals surface area (Å²) in [4.78, 5) is 16.5. The SMILES string of the molecule is CC(C)(C(N)=NO)N1CCN(C(=O)CC2CCCC2)CC1. The molecule has 6 heteroatoms. The van der Waals surface area contributed by atoms with Crippen LogP contribution in [0.15, 0.2) is 5.16 Å². The topological polar surface area (TPSA) is 82.2 Å². The molecule has 1 amide bonds. The molecule has 0 unspecified atom stereocenters. The molecule has 2 aliphatic rings. The van der Waals surface area contributed by atoms with Gasteiger partial charge in [0, 0.05) is 32.6 Å². The molecule has 1 saturated carbocycles. The van der Waals surface area contributed by atoms with Crippen molar-refractivity contribution in [3.05, 3.63) is 0 Å². The Hall–Kier alpha value is -1.30. The van der Waals surface area contributed by atoms with Gasteiger partial charge in [-0.1, -0.05) is 18.0 Å². The highest BCUT2D eigenvalue weighted by Gasteiger charge is 2.35. The van der Waals surface area contributed by atoms with Crippen LogP contribution in [0.2, 0.25) is 0 Å². The zero-order valence-electron chi connectivity index (χ0n) is 13.2. The molecule has 1 aliphatic carbocycles. The number of amides is 1. The Morgan fingerprint density at radius 3 is 2.33 bits per heavy atom. The fourth-order valence-corrected chi connectivity index (χ4v) is 3.39. The fraction of sp³-hybridized carbons (Fsp3) is 0.867. The predicted molar refractivity (Wildman–Crippen MR) is 82.2 cm³/mol. The molecule has 0 radical (unpaired) electrons. The molecule has 0 spiro atoms. The van der Waals surface area contributed by atoms with E-state index >= 15 is 0 Å². The van der Waals surface area contributed by atoms with E-state index in [1.165, 1.54) is 25.7 Å². The smallest absolute Gasteiger partial charge is 0.222 e. The van der Waals surface area contributed by atoms with Crippen molar-refractivity contribution in [2.24, 2.45) is 16.8 Å². The number of carbonyl (C=O) groups excluding carboxylic acids is 1. The zero-order chi connectivity index (χ0) is 15.5. The maximum atomic E-state index is 12.3. The van der Waals surface area contributed by atoms with Gasteiger partial charge in [-0.2, -0.15) is 0 Å². The lowest BCUT2D eigenvalue weighted by molar-refractivity contribution is -0.134. The predicted octanol–water partition coefficient (Wildman–Crippen LogP) is 1.24. The molecule has 1 aliphatic heterocycles. The van der Waals surface area contributed by atoms with Crippen molar-refractivity contribution in [1.82, 2.24) is 9.80 Å². The highest BCUT2D eigenvalue weighted by molar-refractivity contribution is 5.88. The standard InChI is InChI=1S/C15H28N4O2/c1-15(2,14(16)17-21)19-9-7-18(8-10-19)13(20)11-12-5-3-4-6-12/h12,21H,3-11H2,1-2H3,(H2,16,17). The number of nitrogens with two attached hydrogens (primary N) is 1. The summed E-state index contributed by atoms with van der Waals surface area (Å²) in [5, 5.41) is 12.0. The van der Waals surface area contributed by atoms with Crippen LogP contribution in [0, 0.1) is 5.92 Å². The highest BCUT2D eigenvalue weighted by atomic mass is 16.4. The first kappa shape index (κ1) is 16.1. The molecule has 0 aromatic carbocycles. The monoisotopic (exact) mass is 296 g/mol. The molecule has 21 heavy (non-hydrogen) atoms. The lowest BCUT2D eigenvalue weighted by Gasteiger charge is -2.43. The van der Waals surface area contributed by atoms with E-state index in [1.807, 2.05) is 18.7 Å². The number of carbonyl (C=O) groups is 1. The minimum Gasteiger partial charge on any atom is -0.409 e. The summed E-state index contributed by atoms with van der Waals surface area (Å²) in [6.45, 7) is 6.87. The third-order valence-corrected chi connectivity index (χ3v) is 5.10. The van der Waals surface area contributed by atoms with E-state index in [0.29, 0.717) is 18.2 Å². The number of nitrogens with zero attached hydrogens (tertiary/aromatic N) is 3. The maximum Gasteiger partial charge on any atom is 0.222 e. The Bertz CT molecular complexity index is 394. The van der Waals surface area contributed by atoms with E-state index in [-0.39, 0.29) is 5.84 Å². The van der Waals surface area contributed by atoms with Crippen LogP contribution in [0.3, 0.4) is 0 Å². The Morgan fingerprint density at radius 2 is 1.81 bits per heavy atom. The van der Waals surface area contributed by atoms with Crippen molar-refractivity contribution in [2.75, 3.05) is 26.2 Å². The van der Waals surface area contributed by atoms with Crippen molar-refractivity contribution in [3.63, 3.8) is 0 Å². The molecular formula is C15H28N4O2. The molecule has 1 saturated heterocycles. The van der Waals surface area contributed by atoms with Crippen LogP contribution < -0.4 is 5.73 Å². The number of oxime groups is 1. The van der Waals surface area contributed by atoms with E-state index in [9.17, 15) is 4.79 Å². The van der Waals surface area contributed by atoms with Crippen LogP contribution in [0.25, 0.3) is 0 Å². The van der Waals surface area contributed by atoms with Gasteiger partial charge in [0.15, 0.2) is 5.84 Å². The van der Waals surface area contributed by atoms with Gasteiger partial charge in [-0.15, -0.1) is 0 Å². The van der Waals surface area contributed by atoms with Gasteiger partial charge in [0.1, 0.15) is 0 Å². The molecule has 6 nitrogen and oxygen atoms in total. The molecule has 0 atom stereocenters. The van der Waals surface area contributed by atoms with Crippen LogP contribution in [0.1, 0.15) is 46.0 Å². The van der Waals surface area contributed by atoms with Gasteiger partial charge in [0.25, 0.3) is 0 Å². The summed E-state index contributed by atoms with van der Waals surface area (Å²) < 4.78 is 0. The first-order chi connectivity index (χ1) is 9.95. The average molecular weight is 296 g/mol. The molecule has 3 N–H and O–H groups in total. The minimum atomic E-state index is -0.477. The summed E-state index contributed by atoms with van der Waals surface area (Å²) in [5.41, 5.74) is 5.29. The van der Waals surface area contributed by atoms with Crippen molar-refractivity contribution in [3.8, 4) is 0 Å². The first-order valence-corrected chi connectivity index (χ1v) is 7.96. The average Bonchev–Trinajstić information content (AvgIpc) is 2.99. The zero-order valence-corrected chi connectivity index (χ0v) is 13.2. The van der Waals surface area contributed by atoms with Crippen molar-refractivity contribution in [1.29, 1.82) is 0 Å². The van der Waals surface area contributed by atoms with Crippen molar-refractivity contribution >= 4 is 11.7 Å². The number of hydrogen-bond donors (Lipinski definition) is 2. The second kappa shape index (κ2) is 6.64. The van der Waals surface area contributed by atoms with Gasteiger partial charge in [-0.25, -0.2) is 0 Å². The number of amidine groups is 1. The summed E-state index contributed by atoms with van der Waals surface area (Å²) >= 11 is 0. The summed E-state index contributed by atoms with van der Waals surface area (Å²) in [7, 11) is 0. The van der Waals surface area contributed by atoms with Gasteiger partial charge in [-0.3, -0.25) is 9.69 Å². The molecule has 1 heterocycles. The Morgan fingerprint density at radius 1 is 1.24 bits per heavy atom. The van der Waals surface area contributed by atoms with E-state index in [1.54, 1.807) is 0 Å². The third-order valence-electron chi connectivity index (χ3n) is 5.10. The molecule has 2 rings (SSSR count). The fourth-order valence-electron chi connectivity index (χ4n) is 3.39. The van der Waals surface area contributed by atoms with Crippen LogP contribution in [0.5, 0.6) is 0 Å². The molecule has 2 fully saturated rings. The minimum absolute atomic E-state index is 0.216. The number of piperazine rings is 1. The van der Waals surface area contributed by atoms with Crippen LogP contribution >= 0.6 is 0 Å². The first-order valence-electron chi connectivity index (χ1n) is 7.96. The molecule has 0 aromatic rings. The van der Waals surface area contributed by atoms with Gasteiger partial charge < -0.3 is 15.8 Å². The Labute approximate surface area is 127 Å². The largest absolute Gasteiger partial charge is 0.409 e. The van der Waals surface area contributed by atoms with E-state index in [0.717, 1.165) is 26.2 Å². The third kappa shape index (κ3) is 3.67. The number of rotatable bonds is 4. The highest BCUT2D eigenvalue weighted by Crippen LogP contribution is 2.28.